The average Bonchev–Trinajstić information content (AvgIpc) is 2.80. The molecule has 6 nitrogen and oxygen atoms in total. The number of nitrogens with zero attached hydrogens (tertiary/aromatic N) is 2. The van der Waals surface area contributed by atoms with Crippen LogP contribution in [0.25, 0.3) is 10.9 Å². The fraction of sp³-hybridized carbons (Fsp3) is 0.120. The van der Waals surface area contributed by atoms with Gasteiger partial charge in [0.1, 0.15) is 6.54 Å². The Hall–Kier alpha value is -4.06. The molecule has 0 aliphatic rings. The van der Waals surface area contributed by atoms with Gasteiger partial charge in [0.2, 0.25) is 11.3 Å². The van der Waals surface area contributed by atoms with Crippen molar-refractivity contribution >= 4 is 22.6 Å². The van der Waals surface area contributed by atoms with Crippen LogP contribution in [0.5, 0.6) is 0 Å². The molecule has 0 unspecified atom stereocenters. The van der Waals surface area contributed by atoms with E-state index in [-0.39, 0.29) is 23.4 Å². The second-order valence-corrected chi connectivity index (χ2v) is 7.35. The minimum Gasteiger partial charge on any atom is -0.350 e. The van der Waals surface area contributed by atoms with Gasteiger partial charge in [-0.25, -0.2) is 0 Å². The molecule has 0 aliphatic heterocycles. The number of rotatable bonds is 6. The summed E-state index contributed by atoms with van der Waals surface area (Å²) in [5, 5.41) is 3.30. The number of nitrogens with one attached hydrogen (secondary N) is 1. The van der Waals surface area contributed by atoms with Crippen molar-refractivity contribution in [2.24, 2.45) is 0 Å². The van der Waals surface area contributed by atoms with E-state index in [9.17, 15) is 14.4 Å². The third kappa shape index (κ3) is 4.43. The van der Waals surface area contributed by atoms with Crippen LogP contribution in [0.2, 0.25) is 0 Å². The normalized spacial score (nSPS) is 10.7. The van der Waals surface area contributed by atoms with Crippen molar-refractivity contribution in [1.29, 1.82) is 0 Å². The van der Waals surface area contributed by atoms with Gasteiger partial charge in [-0.2, -0.15) is 0 Å². The highest BCUT2D eigenvalue weighted by Gasteiger charge is 2.18. The minimum atomic E-state index is -0.394. The van der Waals surface area contributed by atoms with Crippen LogP contribution < -0.4 is 10.7 Å². The molecule has 1 amide bonds. The molecule has 2 heterocycles. The molecule has 2 aromatic heterocycles. The number of carbonyl (C=O) groups is 2. The summed E-state index contributed by atoms with van der Waals surface area (Å²) in [5.74, 6) is -0.606. The van der Waals surface area contributed by atoms with Crippen molar-refractivity contribution in [2.75, 3.05) is 0 Å². The highest BCUT2D eigenvalue weighted by molar-refractivity contribution is 6.10. The first-order chi connectivity index (χ1) is 15.0. The largest absolute Gasteiger partial charge is 0.350 e. The highest BCUT2D eigenvalue weighted by atomic mass is 16.2. The Kier molecular flexibility index (Phi) is 5.71. The lowest BCUT2D eigenvalue weighted by Gasteiger charge is -2.14. The SMILES string of the molecule is Cc1ccc2c(c1)c(=O)c(C(=O)c1ccncc1)cn2CC(=O)NCc1ccccc1. The van der Waals surface area contributed by atoms with E-state index in [4.69, 9.17) is 0 Å². The molecule has 2 aromatic carbocycles. The summed E-state index contributed by atoms with van der Waals surface area (Å²) < 4.78 is 1.66. The van der Waals surface area contributed by atoms with E-state index in [0.29, 0.717) is 23.0 Å². The first-order valence-corrected chi connectivity index (χ1v) is 9.92. The van der Waals surface area contributed by atoms with Gasteiger partial charge in [-0.15, -0.1) is 0 Å². The van der Waals surface area contributed by atoms with Crippen LogP contribution in [0.15, 0.2) is 84.0 Å². The molecule has 4 rings (SSSR count). The van der Waals surface area contributed by atoms with Crippen LogP contribution in [0.3, 0.4) is 0 Å². The number of hydrogen-bond acceptors (Lipinski definition) is 4. The number of amides is 1. The van der Waals surface area contributed by atoms with E-state index in [1.165, 1.54) is 18.6 Å². The molecule has 1 N–H and O–H groups in total. The fourth-order valence-electron chi connectivity index (χ4n) is 3.47. The maximum absolute atomic E-state index is 13.1. The van der Waals surface area contributed by atoms with Gasteiger partial charge in [-0.3, -0.25) is 19.4 Å². The number of pyridine rings is 2. The number of aromatic nitrogens is 2. The number of benzene rings is 2. The maximum atomic E-state index is 13.1. The zero-order valence-corrected chi connectivity index (χ0v) is 17.0. The molecule has 0 spiro atoms. The molecule has 0 atom stereocenters. The van der Waals surface area contributed by atoms with Gasteiger partial charge in [-0.1, -0.05) is 42.0 Å². The van der Waals surface area contributed by atoms with Crippen molar-refractivity contribution in [1.82, 2.24) is 14.9 Å². The maximum Gasteiger partial charge on any atom is 0.240 e. The summed E-state index contributed by atoms with van der Waals surface area (Å²) in [7, 11) is 0. The van der Waals surface area contributed by atoms with Crippen LogP contribution in [0.4, 0.5) is 0 Å². The molecular formula is C25H21N3O3. The van der Waals surface area contributed by atoms with Crippen molar-refractivity contribution < 1.29 is 9.59 Å². The molecule has 0 saturated carbocycles. The Morgan fingerprint density at radius 3 is 2.48 bits per heavy atom. The molecule has 6 heteroatoms. The number of carbonyl (C=O) groups excluding carboxylic acids is 2. The van der Waals surface area contributed by atoms with Crippen LogP contribution >= 0.6 is 0 Å². The Bertz CT molecular complexity index is 1310. The van der Waals surface area contributed by atoms with Crippen molar-refractivity contribution in [3.05, 3.63) is 112 Å². The summed E-state index contributed by atoms with van der Waals surface area (Å²) in [6.07, 6.45) is 4.49. The predicted molar refractivity (Wildman–Crippen MR) is 119 cm³/mol. The van der Waals surface area contributed by atoms with E-state index in [1.807, 2.05) is 43.3 Å². The fourth-order valence-corrected chi connectivity index (χ4v) is 3.47. The first-order valence-electron chi connectivity index (χ1n) is 9.92. The summed E-state index contributed by atoms with van der Waals surface area (Å²) in [4.78, 5) is 42.6. The summed E-state index contributed by atoms with van der Waals surface area (Å²) in [5.41, 5.74) is 2.56. The predicted octanol–water partition coefficient (Wildman–Crippen LogP) is 3.25. The summed E-state index contributed by atoms with van der Waals surface area (Å²) in [6.45, 7) is 2.27. The number of aryl methyl sites for hydroxylation is 1. The lowest BCUT2D eigenvalue weighted by molar-refractivity contribution is -0.121. The third-order valence-electron chi connectivity index (χ3n) is 5.07. The van der Waals surface area contributed by atoms with Crippen molar-refractivity contribution in [3.63, 3.8) is 0 Å². The van der Waals surface area contributed by atoms with Crippen LogP contribution in [0, 0.1) is 6.92 Å². The van der Waals surface area contributed by atoms with E-state index >= 15 is 0 Å². The molecule has 0 saturated heterocycles. The van der Waals surface area contributed by atoms with Crippen LogP contribution in [-0.4, -0.2) is 21.2 Å². The van der Waals surface area contributed by atoms with Gasteiger partial charge in [0, 0.05) is 36.1 Å². The van der Waals surface area contributed by atoms with Gasteiger partial charge in [0.15, 0.2) is 5.78 Å². The van der Waals surface area contributed by atoms with Gasteiger partial charge in [0.05, 0.1) is 11.1 Å². The van der Waals surface area contributed by atoms with Gasteiger partial charge < -0.3 is 9.88 Å². The van der Waals surface area contributed by atoms with Gasteiger partial charge in [0.25, 0.3) is 0 Å². The Balaban J connectivity index is 1.70. The number of fused-ring (bicyclic) bond motifs is 1. The average molecular weight is 411 g/mol. The Labute approximate surface area is 179 Å². The lowest BCUT2D eigenvalue weighted by Crippen LogP contribution is -2.29. The van der Waals surface area contributed by atoms with Crippen LogP contribution in [-0.2, 0) is 17.9 Å². The molecule has 0 bridgehead atoms. The molecular weight excluding hydrogens is 390 g/mol. The molecule has 154 valence electrons. The van der Waals surface area contributed by atoms with E-state index in [1.54, 1.807) is 28.8 Å². The third-order valence-corrected chi connectivity index (χ3v) is 5.07. The molecule has 4 aromatic rings. The number of hydrogen-bond donors (Lipinski definition) is 1. The minimum absolute atomic E-state index is 0.0106. The standard InChI is InChI=1S/C25H21N3O3/c1-17-7-8-22-20(13-17)25(31)21(24(30)19-9-11-26-12-10-19)15-28(22)16-23(29)27-14-18-5-3-2-4-6-18/h2-13,15H,14,16H2,1H3,(H,27,29). The molecule has 0 fully saturated rings. The monoisotopic (exact) mass is 411 g/mol. The second-order valence-electron chi connectivity index (χ2n) is 7.35. The molecule has 0 radical (unpaired) electrons. The summed E-state index contributed by atoms with van der Waals surface area (Å²) in [6, 6.07) is 18.2. The second kappa shape index (κ2) is 8.75. The summed E-state index contributed by atoms with van der Waals surface area (Å²) >= 11 is 0. The highest BCUT2D eigenvalue weighted by Crippen LogP contribution is 2.16. The van der Waals surface area contributed by atoms with Gasteiger partial charge in [-0.05, 0) is 36.8 Å². The van der Waals surface area contributed by atoms with Crippen LogP contribution in [0.1, 0.15) is 27.0 Å². The molecule has 31 heavy (non-hydrogen) atoms. The van der Waals surface area contributed by atoms with E-state index in [0.717, 1.165) is 11.1 Å². The zero-order chi connectivity index (χ0) is 21.8. The zero-order valence-electron chi connectivity index (χ0n) is 17.0. The van der Waals surface area contributed by atoms with Crippen molar-refractivity contribution in [3.8, 4) is 0 Å². The number of ketones is 1. The Morgan fingerprint density at radius 2 is 1.74 bits per heavy atom. The lowest BCUT2D eigenvalue weighted by atomic mass is 10.0. The molecule has 0 aliphatic carbocycles. The van der Waals surface area contributed by atoms with Gasteiger partial charge >= 0.3 is 0 Å². The quantitative estimate of drug-likeness (QED) is 0.494. The topological polar surface area (TPSA) is 81.1 Å². The van der Waals surface area contributed by atoms with E-state index in [2.05, 4.69) is 10.3 Å². The Morgan fingerprint density at radius 1 is 1.00 bits per heavy atom. The van der Waals surface area contributed by atoms with Crippen molar-refractivity contribution in [2.45, 2.75) is 20.0 Å². The van der Waals surface area contributed by atoms with E-state index < -0.39 is 5.78 Å². The smallest absolute Gasteiger partial charge is 0.240 e. The first kappa shape index (κ1) is 20.2.